The maximum absolute atomic E-state index is 11.8. The summed E-state index contributed by atoms with van der Waals surface area (Å²) in [7, 11) is 2.91. The highest BCUT2D eigenvalue weighted by atomic mass is 16.6. The summed E-state index contributed by atoms with van der Waals surface area (Å²) in [5.74, 6) is 0.240. The Kier molecular flexibility index (Phi) is 7.40. The van der Waals surface area contributed by atoms with Crippen LogP contribution in [0.3, 0.4) is 0 Å². The molecule has 1 rings (SSSR count). The minimum absolute atomic E-state index is 0.0289. The lowest BCUT2D eigenvalue weighted by Gasteiger charge is -2.19. The molecule has 0 saturated heterocycles. The number of nitrogens with zero attached hydrogens (tertiary/aromatic N) is 5. The molecule has 0 aromatic carbocycles. The summed E-state index contributed by atoms with van der Waals surface area (Å²) < 4.78 is 9.82. The minimum Gasteiger partial charge on any atom is -0.449 e. The van der Waals surface area contributed by atoms with E-state index in [0.717, 1.165) is 9.80 Å². The van der Waals surface area contributed by atoms with Crippen molar-refractivity contribution in [1.82, 2.24) is 15.0 Å². The van der Waals surface area contributed by atoms with E-state index in [1.807, 2.05) is 0 Å². The number of hydrogen-bond acceptors (Lipinski definition) is 8. The largest absolute Gasteiger partial charge is 0.449 e. The normalized spacial score (nSPS) is 9.83. The molecular weight excluding hydrogens is 316 g/mol. The Morgan fingerprint density at radius 2 is 1.50 bits per heavy atom. The molecule has 0 unspecified atom stereocenters. The number of hydrogen-bond donors (Lipinski definition) is 1. The number of aromatic nitrogens is 3. The van der Waals surface area contributed by atoms with Crippen molar-refractivity contribution in [3.8, 4) is 0 Å². The second kappa shape index (κ2) is 9.28. The number of amides is 2. The second-order valence-electron chi connectivity index (χ2n) is 4.44. The summed E-state index contributed by atoms with van der Waals surface area (Å²) in [6.07, 6.45) is 0.374. The molecule has 0 atom stereocenters. The number of carbonyl (C=O) groups is 2. The Morgan fingerprint density at radius 3 is 1.88 bits per heavy atom. The van der Waals surface area contributed by atoms with Crippen LogP contribution in [0.15, 0.2) is 12.7 Å². The molecule has 2 amide bonds. The average Bonchev–Trinajstić information content (AvgIpc) is 2.58. The van der Waals surface area contributed by atoms with Crippen molar-refractivity contribution in [1.29, 1.82) is 0 Å². The zero-order valence-electron chi connectivity index (χ0n) is 14.3. The molecule has 10 heteroatoms. The molecule has 0 saturated carbocycles. The number of nitrogens with one attached hydrogen (secondary N) is 1. The molecule has 1 aromatic rings. The van der Waals surface area contributed by atoms with Gasteiger partial charge in [0.05, 0.1) is 13.2 Å². The van der Waals surface area contributed by atoms with Gasteiger partial charge < -0.3 is 14.8 Å². The molecule has 0 bridgehead atoms. The zero-order chi connectivity index (χ0) is 18.1. The summed E-state index contributed by atoms with van der Waals surface area (Å²) in [5.41, 5.74) is 0. The van der Waals surface area contributed by atoms with Crippen LogP contribution in [0.2, 0.25) is 0 Å². The van der Waals surface area contributed by atoms with Gasteiger partial charge >= 0.3 is 12.2 Å². The van der Waals surface area contributed by atoms with Crippen molar-refractivity contribution in [3.63, 3.8) is 0 Å². The van der Waals surface area contributed by atoms with E-state index in [2.05, 4.69) is 26.8 Å². The van der Waals surface area contributed by atoms with Gasteiger partial charge in [-0.25, -0.2) is 19.4 Å². The van der Waals surface area contributed by atoms with Gasteiger partial charge in [-0.05, 0) is 13.8 Å². The standard InChI is InChI=1S/C14H22N6O4/c1-6-9-15-10-16-11(19(4)13(21)23-7-2)18-12(17-10)20(5)14(22)24-8-3/h6H,1,7-9H2,2-5H3,(H,15,16,17,18). The van der Waals surface area contributed by atoms with E-state index in [9.17, 15) is 9.59 Å². The van der Waals surface area contributed by atoms with E-state index in [4.69, 9.17) is 9.47 Å². The van der Waals surface area contributed by atoms with Gasteiger partial charge in [-0.3, -0.25) is 0 Å². The number of anilines is 3. The summed E-state index contributed by atoms with van der Waals surface area (Å²) >= 11 is 0. The van der Waals surface area contributed by atoms with Gasteiger partial charge in [-0.1, -0.05) is 6.08 Å². The number of rotatable bonds is 7. The van der Waals surface area contributed by atoms with E-state index >= 15 is 0 Å². The van der Waals surface area contributed by atoms with Gasteiger partial charge in [-0.15, -0.1) is 6.58 Å². The maximum Gasteiger partial charge on any atom is 0.416 e. The van der Waals surface area contributed by atoms with Gasteiger partial charge in [0.25, 0.3) is 0 Å². The molecule has 0 radical (unpaired) electrons. The first-order chi connectivity index (χ1) is 11.4. The average molecular weight is 338 g/mol. The van der Waals surface area contributed by atoms with Crippen LogP contribution in [0.1, 0.15) is 13.8 Å². The smallest absolute Gasteiger partial charge is 0.416 e. The van der Waals surface area contributed by atoms with Gasteiger partial charge in [-0.2, -0.15) is 15.0 Å². The molecular formula is C14H22N6O4. The predicted octanol–water partition coefficient (Wildman–Crippen LogP) is 1.65. The van der Waals surface area contributed by atoms with Crippen molar-refractivity contribution in [2.24, 2.45) is 0 Å². The van der Waals surface area contributed by atoms with Crippen molar-refractivity contribution in [3.05, 3.63) is 12.7 Å². The fourth-order valence-electron chi connectivity index (χ4n) is 1.50. The first-order valence-electron chi connectivity index (χ1n) is 7.36. The molecule has 0 fully saturated rings. The molecule has 1 heterocycles. The van der Waals surface area contributed by atoms with Gasteiger partial charge in [0, 0.05) is 20.6 Å². The quantitative estimate of drug-likeness (QED) is 0.747. The Hall–Kier alpha value is -2.91. The van der Waals surface area contributed by atoms with Crippen LogP contribution in [0.4, 0.5) is 27.4 Å². The Bertz CT molecular complexity index is 552. The number of ether oxygens (including phenoxy) is 2. The first kappa shape index (κ1) is 19.1. The topological polar surface area (TPSA) is 110 Å². The summed E-state index contributed by atoms with van der Waals surface area (Å²) in [5, 5.41) is 2.89. The van der Waals surface area contributed by atoms with E-state index < -0.39 is 12.2 Å². The monoisotopic (exact) mass is 338 g/mol. The predicted molar refractivity (Wildman–Crippen MR) is 89.4 cm³/mol. The molecule has 0 aliphatic rings. The van der Waals surface area contributed by atoms with Crippen LogP contribution in [-0.4, -0.2) is 61.0 Å². The van der Waals surface area contributed by atoms with Crippen LogP contribution in [-0.2, 0) is 9.47 Å². The van der Waals surface area contributed by atoms with E-state index in [1.54, 1.807) is 19.9 Å². The van der Waals surface area contributed by atoms with Crippen molar-refractivity contribution in [2.45, 2.75) is 13.8 Å². The Balaban J connectivity index is 3.18. The molecule has 24 heavy (non-hydrogen) atoms. The zero-order valence-corrected chi connectivity index (χ0v) is 14.3. The lowest BCUT2D eigenvalue weighted by atomic mass is 10.6. The third-order valence-corrected chi connectivity index (χ3v) is 2.70. The van der Waals surface area contributed by atoms with Crippen molar-refractivity contribution in [2.75, 3.05) is 49.0 Å². The van der Waals surface area contributed by atoms with Crippen molar-refractivity contribution < 1.29 is 19.1 Å². The Labute approximate surface area is 140 Å². The number of carbonyl (C=O) groups excluding carboxylic acids is 2. The third-order valence-electron chi connectivity index (χ3n) is 2.70. The molecule has 0 aliphatic heterocycles. The van der Waals surface area contributed by atoms with Gasteiger partial charge in [0.15, 0.2) is 0 Å². The first-order valence-corrected chi connectivity index (χ1v) is 7.36. The molecule has 0 aliphatic carbocycles. The van der Waals surface area contributed by atoms with Crippen LogP contribution in [0, 0.1) is 0 Å². The summed E-state index contributed by atoms with van der Waals surface area (Å²) in [4.78, 5) is 38.3. The second-order valence-corrected chi connectivity index (χ2v) is 4.44. The lowest BCUT2D eigenvalue weighted by molar-refractivity contribution is 0.160. The minimum atomic E-state index is -0.622. The maximum atomic E-state index is 11.8. The van der Waals surface area contributed by atoms with Crippen molar-refractivity contribution >= 4 is 30.0 Å². The molecule has 10 nitrogen and oxygen atoms in total. The highest BCUT2D eigenvalue weighted by Gasteiger charge is 2.21. The summed E-state index contributed by atoms with van der Waals surface area (Å²) in [6.45, 7) is 7.80. The van der Waals surface area contributed by atoms with E-state index in [1.165, 1.54) is 14.1 Å². The third kappa shape index (κ3) is 5.07. The fraction of sp³-hybridized carbons (Fsp3) is 0.500. The highest BCUT2D eigenvalue weighted by molar-refractivity contribution is 5.87. The fourth-order valence-corrected chi connectivity index (χ4v) is 1.50. The van der Waals surface area contributed by atoms with E-state index in [0.29, 0.717) is 6.54 Å². The molecule has 1 N–H and O–H groups in total. The van der Waals surface area contributed by atoms with E-state index in [-0.39, 0.29) is 31.1 Å². The van der Waals surface area contributed by atoms with Crippen LogP contribution in [0.25, 0.3) is 0 Å². The van der Waals surface area contributed by atoms with Crippen LogP contribution < -0.4 is 15.1 Å². The van der Waals surface area contributed by atoms with Gasteiger partial charge in [0.1, 0.15) is 0 Å². The molecule has 132 valence electrons. The van der Waals surface area contributed by atoms with Crippen LogP contribution >= 0.6 is 0 Å². The molecule has 0 spiro atoms. The summed E-state index contributed by atoms with van der Waals surface area (Å²) in [6, 6.07) is 0. The SMILES string of the molecule is C=CCNc1nc(N(C)C(=O)OCC)nc(N(C)C(=O)OCC)n1. The van der Waals surface area contributed by atoms with Crippen LogP contribution in [0.5, 0.6) is 0 Å². The Morgan fingerprint density at radius 1 is 1.04 bits per heavy atom. The van der Waals surface area contributed by atoms with Gasteiger partial charge in [0.2, 0.25) is 17.8 Å². The highest BCUT2D eigenvalue weighted by Crippen LogP contribution is 2.16. The lowest BCUT2D eigenvalue weighted by Crippen LogP contribution is -2.32. The molecule has 1 aromatic heterocycles.